The normalized spacial score (nSPS) is 12.1. The number of nitrogens with one attached hydrogen (secondary N) is 1. The highest BCUT2D eigenvalue weighted by atomic mass is 35.5. The van der Waals surface area contributed by atoms with Crippen molar-refractivity contribution in [3.8, 4) is 0 Å². The first kappa shape index (κ1) is 17.2. The zero-order valence-electron chi connectivity index (χ0n) is 12.3. The number of ketones is 1. The molecule has 2 aromatic carbocycles. The third kappa shape index (κ3) is 4.41. The summed E-state index contributed by atoms with van der Waals surface area (Å²) in [5, 5.41) is 3.35. The van der Waals surface area contributed by atoms with Crippen molar-refractivity contribution >= 4 is 46.8 Å². The Balaban J connectivity index is 2.30. The molecule has 1 atom stereocenters. The molecule has 0 radical (unpaired) electrons. The predicted octanol–water partition coefficient (Wildman–Crippen LogP) is 3.94. The van der Waals surface area contributed by atoms with Crippen molar-refractivity contribution in [2.45, 2.75) is 0 Å². The van der Waals surface area contributed by atoms with Gasteiger partial charge in [0.15, 0.2) is 5.78 Å². The molecule has 0 aromatic heterocycles. The van der Waals surface area contributed by atoms with Crippen molar-refractivity contribution in [2.75, 3.05) is 7.05 Å². The van der Waals surface area contributed by atoms with Crippen LogP contribution in [0.15, 0.2) is 53.5 Å². The number of carbonyl (C=O) groups is 2. The van der Waals surface area contributed by atoms with Crippen molar-refractivity contribution < 1.29 is 9.59 Å². The largest absolute Gasteiger partial charge is 0.358 e. The minimum absolute atomic E-state index is 0.283. The number of nitrogens with zero attached hydrogens (tertiary/aromatic N) is 1. The molecule has 0 aliphatic heterocycles. The fourth-order valence-electron chi connectivity index (χ4n) is 1.93. The van der Waals surface area contributed by atoms with Crippen LogP contribution in [0, 0.1) is 5.92 Å². The highest BCUT2D eigenvalue weighted by molar-refractivity contribution is 6.35. The van der Waals surface area contributed by atoms with E-state index < -0.39 is 17.6 Å². The first-order valence-corrected chi connectivity index (χ1v) is 7.58. The molecule has 23 heavy (non-hydrogen) atoms. The van der Waals surface area contributed by atoms with Gasteiger partial charge in [-0.3, -0.25) is 14.6 Å². The number of halogens is 2. The highest BCUT2D eigenvalue weighted by Gasteiger charge is 2.26. The molecule has 0 fully saturated rings. The van der Waals surface area contributed by atoms with Crippen LogP contribution in [0.5, 0.6) is 0 Å². The molecule has 0 heterocycles. The lowest BCUT2D eigenvalue weighted by Crippen LogP contribution is -2.34. The van der Waals surface area contributed by atoms with E-state index in [0.717, 1.165) is 0 Å². The molecule has 4 nitrogen and oxygen atoms in total. The topological polar surface area (TPSA) is 58.5 Å². The molecule has 2 aromatic rings. The number of hydrogen-bond acceptors (Lipinski definition) is 3. The molecule has 118 valence electrons. The van der Waals surface area contributed by atoms with E-state index in [9.17, 15) is 9.59 Å². The van der Waals surface area contributed by atoms with E-state index in [2.05, 4.69) is 10.3 Å². The Labute approximate surface area is 144 Å². The summed E-state index contributed by atoms with van der Waals surface area (Å²) >= 11 is 11.8. The van der Waals surface area contributed by atoms with Gasteiger partial charge in [0, 0.05) is 23.8 Å². The molecule has 0 aliphatic rings. The Hall–Kier alpha value is -2.17. The smallest absolute Gasteiger partial charge is 0.236 e. The number of carbonyl (C=O) groups excluding carboxylic acids is 2. The lowest BCUT2D eigenvalue weighted by molar-refractivity contribution is -0.121. The van der Waals surface area contributed by atoms with E-state index in [1.54, 1.807) is 48.5 Å². The number of benzene rings is 2. The van der Waals surface area contributed by atoms with Crippen LogP contribution in [0.25, 0.3) is 0 Å². The maximum Gasteiger partial charge on any atom is 0.236 e. The zero-order chi connectivity index (χ0) is 16.8. The fourth-order valence-corrected chi connectivity index (χ4v) is 2.28. The third-order valence-corrected chi connectivity index (χ3v) is 3.73. The van der Waals surface area contributed by atoms with Crippen LogP contribution in [0.4, 0.5) is 5.69 Å². The lowest BCUT2D eigenvalue weighted by Gasteiger charge is -2.11. The van der Waals surface area contributed by atoms with Gasteiger partial charge in [0.1, 0.15) is 5.92 Å². The summed E-state index contributed by atoms with van der Waals surface area (Å²) in [4.78, 5) is 28.8. The van der Waals surface area contributed by atoms with E-state index in [-0.39, 0.29) is 5.56 Å². The number of amides is 1. The molecule has 0 saturated heterocycles. The Morgan fingerprint density at radius 1 is 1.09 bits per heavy atom. The van der Waals surface area contributed by atoms with E-state index in [1.165, 1.54) is 13.3 Å². The molecule has 0 bridgehead atoms. The Morgan fingerprint density at radius 2 is 1.74 bits per heavy atom. The number of aliphatic imine (C=N–C) groups is 1. The molecular formula is C17H14Cl2N2O2. The van der Waals surface area contributed by atoms with Gasteiger partial charge in [-0.1, -0.05) is 35.3 Å². The van der Waals surface area contributed by atoms with E-state index >= 15 is 0 Å². The second-order valence-corrected chi connectivity index (χ2v) is 5.53. The van der Waals surface area contributed by atoms with Crippen molar-refractivity contribution in [1.29, 1.82) is 0 Å². The monoisotopic (exact) mass is 348 g/mol. The van der Waals surface area contributed by atoms with Crippen molar-refractivity contribution in [3.63, 3.8) is 0 Å². The second kappa shape index (κ2) is 7.90. The van der Waals surface area contributed by atoms with Gasteiger partial charge in [-0.05, 0) is 36.4 Å². The summed E-state index contributed by atoms with van der Waals surface area (Å²) < 4.78 is 0. The molecule has 1 N–H and O–H groups in total. The predicted molar refractivity (Wildman–Crippen MR) is 92.9 cm³/mol. The van der Waals surface area contributed by atoms with Crippen LogP contribution in [0.2, 0.25) is 10.0 Å². The van der Waals surface area contributed by atoms with Gasteiger partial charge in [-0.15, -0.1) is 0 Å². The number of hydrogen-bond donors (Lipinski definition) is 1. The summed E-state index contributed by atoms with van der Waals surface area (Å²) in [6.45, 7) is 0. The van der Waals surface area contributed by atoms with Crippen LogP contribution in [0.3, 0.4) is 0 Å². The Morgan fingerprint density at radius 3 is 2.35 bits per heavy atom. The standard InChI is InChI=1S/C17H14Cl2N2O2/c1-20-17(23)14(10-21-12-8-6-11(18)7-9-12)16(22)13-4-2-3-5-15(13)19/h2-10,14H,1H3,(H,20,23). The molecule has 2 rings (SSSR count). The van der Waals surface area contributed by atoms with E-state index in [1.807, 2.05) is 0 Å². The average molecular weight is 349 g/mol. The van der Waals surface area contributed by atoms with Crippen LogP contribution >= 0.6 is 23.2 Å². The van der Waals surface area contributed by atoms with Gasteiger partial charge >= 0.3 is 0 Å². The summed E-state index contributed by atoms with van der Waals surface area (Å²) in [6.07, 6.45) is 1.31. The van der Waals surface area contributed by atoms with Crippen LogP contribution < -0.4 is 5.32 Å². The molecule has 0 saturated carbocycles. The van der Waals surface area contributed by atoms with Gasteiger partial charge < -0.3 is 5.32 Å². The first-order valence-electron chi connectivity index (χ1n) is 6.83. The summed E-state index contributed by atoms with van der Waals surface area (Å²) in [7, 11) is 1.46. The summed E-state index contributed by atoms with van der Waals surface area (Å²) in [6, 6.07) is 13.3. The van der Waals surface area contributed by atoms with Gasteiger partial charge in [0.25, 0.3) is 0 Å². The fraction of sp³-hybridized carbons (Fsp3) is 0.118. The van der Waals surface area contributed by atoms with E-state index in [4.69, 9.17) is 23.2 Å². The maximum atomic E-state index is 12.6. The molecule has 1 unspecified atom stereocenters. The molecular weight excluding hydrogens is 335 g/mol. The molecule has 1 amide bonds. The highest BCUT2D eigenvalue weighted by Crippen LogP contribution is 2.20. The second-order valence-electron chi connectivity index (χ2n) is 4.69. The van der Waals surface area contributed by atoms with Gasteiger partial charge in [0.2, 0.25) is 5.91 Å². The van der Waals surface area contributed by atoms with Crippen LogP contribution in [-0.4, -0.2) is 25.0 Å². The number of rotatable bonds is 5. The van der Waals surface area contributed by atoms with Crippen LogP contribution in [0.1, 0.15) is 10.4 Å². The Kier molecular flexibility index (Phi) is 5.90. The minimum Gasteiger partial charge on any atom is -0.358 e. The summed E-state index contributed by atoms with van der Waals surface area (Å²) in [5.74, 6) is -1.92. The van der Waals surface area contributed by atoms with Gasteiger partial charge in [-0.25, -0.2) is 0 Å². The Bertz CT molecular complexity index is 743. The minimum atomic E-state index is -1.06. The van der Waals surface area contributed by atoms with Crippen molar-refractivity contribution in [3.05, 3.63) is 64.1 Å². The third-order valence-electron chi connectivity index (χ3n) is 3.15. The van der Waals surface area contributed by atoms with Gasteiger partial charge in [0.05, 0.1) is 10.7 Å². The lowest BCUT2D eigenvalue weighted by atomic mass is 9.97. The first-order chi connectivity index (χ1) is 11.0. The summed E-state index contributed by atoms with van der Waals surface area (Å²) in [5.41, 5.74) is 0.876. The van der Waals surface area contributed by atoms with Crippen LogP contribution in [-0.2, 0) is 4.79 Å². The molecule has 6 heteroatoms. The van der Waals surface area contributed by atoms with Gasteiger partial charge in [-0.2, -0.15) is 0 Å². The average Bonchev–Trinajstić information content (AvgIpc) is 2.56. The van der Waals surface area contributed by atoms with Crippen molar-refractivity contribution in [2.24, 2.45) is 10.9 Å². The quantitative estimate of drug-likeness (QED) is 0.505. The molecule has 0 aliphatic carbocycles. The zero-order valence-corrected chi connectivity index (χ0v) is 13.8. The number of Topliss-reactive ketones (excluding diaryl/α,β-unsaturated/α-hetero) is 1. The molecule has 0 spiro atoms. The SMILES string of the molecule is CNC(=O)C(C=Nc1ccc(Cl)cc1)C(=O)c1ccccc1Cl. The van der Waals surface area contributed by atoms with Crippen molar-refractivity contribution in [1.82, 2.24) is 5.32 Å². The maximum absolute atomic E-state index is 12.6. The van der Waals surface area contributed by atoms with E-state index in [0.29, 0.717) is 15.7 Å².